The molecule has 0 saturated carbocycles. The molecular weight excluding hydrogens is 582 g/mol. The highest BCUT2D eigenvalue weighted by Gasteiger charge is 2.39. The van der Waals surface area contributed by atoms with E-state index >= 15 is 0 Å². The van der Waals surface area contributed by atoms with Crippen molar-refractivity contribution in [2.24, 2.45) is 0 Å². The molecular formula is C33H51NO9Si. The summed E-state index contributed by atoms with van der Waals surface area (Å²) in [5.74, 6) is 1.53. The van der Waals surface area contributed by atoms with Crippen LogP contribution in [0, 0.1) is 0 Å². The molecule has 2 aromatic rings. The molecule has 3 rings (SSSR count). The second kappa shape index (κ2) is 18.3. The van der Waals surface area contributed by atoms with Crippen LogP contribution in [0.25, 0.3) is 0 Å². The Balaban J connectivity index is 1.48. The summed E-state index contributed by atoms with van der Waals surface area (Å²) in [6.45, 7) is 16.3. The topological polar surface area (TPSA) is 106 Å². The summed E-state index contributed by atoms with van der Waals surface area (Å²) >= 11 is 0. The van der Waals surface area contributed by atoms with E-state index in [-0.39, 0.29) is 24.7 Å². The zero-order chi connectivity index (χ0) is 31.8. The van der Waals surface area contributed by atoms with Crippen LogP contribution >= 0.6 is 0 Å². The Morgan fingerprint density at radius 1 is 0.864 bits per heavy atom. The zero-order valence-corrected chi connectivity index (χ0v) is 28.2. The first-order chi connectivity index (χ1) is 21.2. The van der Waals surface area contributed by atoms with Gasteiger partial charge in [-0.1, -0.05) is 38.1 Å². The van der Waals surface area contributed by atoms with Crippen molar-refractivity contribution in [3.63, 3.8) is 0 Å². The van der Waals surface area contributed by atoms with Crippen molar-refractivity contribution >= 4 is 14.9 Å². The SMILES string of the molecule is CCOCC(COc1ccc(C(C)(C)c2ccc(OCC3CO3)cc2)cc1)OC(=O)NCCC[Si](OCC)(OCC)OCC. The monoisotopic (exact) mass is 633 g/mol. The van der Waals surface area contributed by atoms with Gasteiger partial charge in [0.25, 0.3) is 0 Å². The highest BCUT2D eigenvalue weighted by Crippen LogP contribution is 2.33. The van der Waals surface area contributed by atoms with Gasteiger partial charge in [-0.2, -0.15) is 0 Å². The van der Waals surface area contributed by atoms with E-state index in [4.69, 9.17) is 37.0 Å². The summed E-state index contributed by atoms with van der Waals surface area (Å²) in [6, 6.07) is 16.8. The summed E-state index contributed by atoms with van der Waals surface area (Å²) in [5.41, 5.74) is 2.11. The van der Waals surface area contributed by atoms with Crippen LogP contribution in [-0.4, -0.2) is 86.5 Å². The number of epoxide rings is 1. The van der Waals surface area contributed by atoms with Crippen molar-refractivity contribution in [3.05, 3.63) is 59.7 Å². The van der Waals surface area contributed by atoms with Gasteiger partial charge in [-0.15, -0.1) is 0 Å². The number of hydrogen-bond donors (Lipinski definition) is 1. The maximum atomic E-state index is 12.6. The molecule has 2 unspecified atom stereocenters. The molecule has 1 fully saturated rings. The lowest BCUT2D eigenvalue weighted by atomic mass is 9.78. The normalized spacial score (nSPS) is 15.5. The molecule has 1 amide bonds. The molecule has 1 aliphatic heterocycles. The number of hydrogen-bond acceptors (Lipinski definition) is 9. The van der Waals surface area contributed by atoms with Gasteiger partial charge in [-0.05, 0) is 69.5 Å². The first-order valence-corrected chi connectivity index (χ1v) is 17.7. The molecule has 1 heterocycles. The van der Waals surface area contributed by atoms with E-state index in [0.717, 1.165) is 17.9 Å². The lowest BCUT2D eigenvalue weighted by molar-refractivity contribution is 0.00162. The molecule has 11 heteroatoms. The Labute approximate surface area is 264 Å². The third kappa shape index (κ3) is 11.7. The third-order valence-corrected chi connectivity index (χ3v) is 10.4. The van der Waals surface area contributed by atoms with Crippen LogP contribution in [0.4, 0.5) is 4.79 Å². The molecule has 0 bridgehead atoms. The van der Waals surface area contributed by atoms with E-state index in [1.807, 2.05) is 52.0 Å². The van der Waals surface area contributed by atoms with Crippen LogP contribution in [0.1, 0.15) is 59.1 Å². The van der Waals surface area contributed by atoms with Crippen molar-refractivity contribution < 1.29 is 41.8 Å². The number of carbonyl (C=O) groups excluding carboxylic acids is 1. The molecule has 0 radical (unpaired) electrons. The van der Waals surface area contributed by atoms with Gasteiger partial charge in [0, 0.05) is 44.4 Å². The van der Waals surface area contributed by atoms with Gasteiger partial charge < -0.3 is 42.3 Å². The number of benzene rings is 2. The number of ether oxygens (including phenoxy) is 5. The molecule has 10 nitrogen and oxygen atoms in total. The first-order valence-electron chi connectivity index (χ1n) is 15.8. The van der Waals surface area contributed by atoms with Crippen LogP contribution in [0.2, 0.25) is 6.04 Å². The van der Waals surface area contributed by atoms with Gasteiger partial charge in [0.15, 0.2) is 6.10 Å². The predicted octanol–water partition coefficient (Wildman–Crippen LogP) is 5.74. The number of nitrogens with one attached hydrogen (secondary N) is 1. The van der Waals surface area contributed by atoms with Crippen LogP contribution in [0.15, 0.2) is 48.5 Å². The fourth-order valence-electron chi connectivity index (χ4n) is 4.70. The molecule has 1 N–H and O–H groups in total. The minimum absolute atomic E-state index is 0.165. The standard InChI is InChI=1S/C33H51NO9Si/c1-7-36-22-31(43-32(35)34-20-11-21-44(40-8-2,41-9-3)42-10-4)25-38-29-18-14-27(15-19-29)33(5,6)26-12-16-28(17-13-26)37-23-30-24-39-30/h12-19,30-31H,7-11,20-25H2,1-6H3,(H,34,35). The van der Waals surface area contributed by atoms with Crippen LogP contribution in [0.5, 0.6) is 11.5 Å². The van der Waals surface area contributed by atoms with E-state index in [9.17, 15) is 4.79 Å². The Morgan fingerprint density at radius 2 is 1.41 bits per heavy atom. The van der Waals surface area contributed by atoms with Crippen molar-refractivity contribution in [1.82, 2.24) is 5.32 Å². The molecule has 1 saturated heterocycles. The van der Waals surface area contributed by atoms with Crippen LogP contribution < -0.4 is 14.8 Å². The maximum absolute atomic E-state index is 12.6. The highest BCUT2D eigenvalue weighted by molar-refractivity contribution is 6.60. The summed E-state index contributed by atoms with van der Waals surface area (Å²) in [4.78, 5) is 12.6. The van der Waals surface area contributed by atoms with Gasteiger partial charge in [-0.3, -0.25) is 0 Å². The quantitative estimate of drug-likeness (QED) is 0.0987. The number of carbonyl (C=O) groups is 1. The Hall–Kier alpha value is -2.67. The average Bonchev–Trinajstić information content (AvgIpc) is 3.85. The van der Waals surface area contributed by atoms with Crippen LogP contribution in [0.3, 0.4) is 0 Å². The van der Waals surface area contributed by atoms with Gasteiger partial charge in [0.05, 0.1) is 13.2 Å². The molecule has 44 heavy (non-hydrogen) atoms. The van der Waals surface area contributed by atoms with Crippen LogP contribution in [-0.2, 0) is 32.9 Å². The van der Waals surface area contributed by atoms with E-state index < -0.39 is 21.0 Å². The Bertz CT molecular complexity index is 1080. The van der Waals surface area contributed by atoms with Gasteiger partial charge in [0.2, 0.25) is 0 Å². The van der Waals surface area contributed by atoms with Crippen molar-refractivity contribution in [1.29, 1.82) is 0 Å². The lowest BCUT2D eigenvalue weighted by Gasteiger charge is -2.28. The van der Waals surface area contributed by atoms with Crippen molar-refractivity contribution in [3.8, 4) is 11.5 Å². The number of rotatable bonds is 22. The predicted molar refractivity (Wildman–Crippen MR) is 171 cm³/mol. The van der Waals surface area contributed by atoms with E-state index in [0.29, 0.717) is 57.8 Å². The molecule has 246 valence electrons. The van der Waals surface area contributed by atoms with Crippen molar-refractivity contribution in [2.45, 2.75) is 71.6 Å². The van der Waals surface area contributed by atoms with E-state index in [2.05, 4.69) is 43.4 Å². The first kappa shape index (κ1) is 35.8. The Morgan fingerprint density at radius 3 is 1.91 bits per heavy atom. The third-order valence-electron chi connectivity index (χ3n) is 7.23. The van der Waals surface area contributed by atoms with Gasteiger partial charge >= 0.3 is 14.9 Å². The average molecular weight is 634 g/mol. The van der Waals surface area contributed by atoms with E-state index in [1.54, 1.807) is 0 Å². The number of amides is 1. The summed E-state index contributed by atoms with van der Waals surface area (Å²) < 4.78 is 45.8. The summed E-state index contributed by atoms with van der Waals surface area (Å²) in [6.07, 6.45) is -0.216. The second-order valence-electron chi connectivity index (χ2n) is 11.0. The number of alkyl carbamates (subject to hydrolysis) is 1. The maximum Gasteiger partial charge on any atom is 0.500 e. The smallest absolute Gasteiger partial charge is 0.491 e. The van der Waals surface area contributed by atoms with E-state index in [1.165, 1.54) is 5.56 Å². The molecule has 1 aliphatic rings. The Kier molecular flexibility index (Phi) is 14.9. The molecule has 0 aromatic heterocycles. The second-order valence-corrected chi connectivity index (χ2v) is 13.7. The fourth-order valence-corrected chi connectivity index (χ4v) is 7.31. The minimum Gasteiger partial charge on any atom is -0.491 e. The van der Waals surface area contributed by atoms with Gasteiger partial charge in [0.1, 0.15) is 30.8 Å². The van der Waals surface area contributed by atoms with Gasteiger partial charge in [-0.25, -0.2) is 4.79 Å². The highest BCUT2D eigenvalue weighted by atomic mass is 28.4. The zero-order valence-electron chi connectivity index (χ0n) is 27.2. The molecule has 2 aromatic carbocycles. The fraction of sp³-hybridized carbons (Fsp3) is 0.606. The molecule has 0 spiro atoms. The largest absolute Gasteiger partial charge is 0.500 e. The minimum atomic E-state index is -2.75. The summed E-state index contributed by atoms with van der Waals surface area (Å²) in [7, 11) is -2.75. The molecule has 0 aliphatic carbocycles. The summed E-state index contributed by atoms with van der Waals surface area (Å²) in [5, 5.41) is 2.81. The van der Waals surface area contributed by atoms with Crippen molar-refractivity contribution in [2.75, 3.05) is 59.4 Å². The molecule has 2 atom stereocenters. The lowest BCUT2D eigenvalue weighted by Crippen LogP contribution is -2.46.